The van der Waals surface area contributed by atoms with Crippen LogP contribution in [0.1, 0.15) is 21.5 Å². The molecule has 3 heteroatoms. The SMILES string of the molecule is O=C1Cc2cc(C(=O)Cc3ccccc3)ccc2N1. The zero-order valence-corrected chi connectivity index (χ0v) is 10.3. The minimum atomic E-state index is -0.0114. The molecule has 2 aromatic rings. The Morgan fingerprint density at radius 3 is 2.68 bits per heavy atom. The summed E-state index contributed by atoms with van der Waals surface area (Å²) in [6.07, 6.45) is 0.753. The zero-order valence-electron chi connectivity index (χ0n) is 10.3. The Balaban J connectivity index is 1.82. The van der Waals surface area contributed by atoms with E-state index in [1.165, 1.54) is 0 Å². The standard InChI is InChI=1S/C16H13NO2/c18-15(8-11-4-2-1-3-5-11)12-6-7-14-13(9-12)10-16(19)17-14/h1-7,9H,8,10H2,(H,17,19). The lowest BCUT2D eigenvalue weighted by molar-refractivity contribution is -0.115. The molecule has 0 aliphatic carbocycles. The summed E-state index contributed by atoms with van der Waals surface area (Å²) < 4.78 is 0. The van der Waals surface area contributed by atoms with Crippen molar-refractivity contribution in [3.8, 4) is 0 Å². The van der Waals surface area contributed by atoms with Crippen LogP contribution in [0.15, 0.2) is 48.5 Å². The lowest BCUT2D eigenvalue weighted by Gasteiger charge is -2.04. The molecule has 1 heterocycles. The molecule has 1 N–H and O–H groups in total. The highest BCUT2D eigenvalue weighted by atomic mass is 16.1. The van der Waals surface area contributed by atoms with Gasteiger partial charge in [0.2, 0.25) is 5.91 Å². The first-order valence-electron chi connectivity index (χ1n) is 6.22. The molecular formula is C16H13NO2. The van der Waals surface area contributed by atoms with Crippen LogP contribution in [0.4, 0.5) is 5.69 Å². The van der Waals surface area contributed by atoms with Crippen LogP contribution in [0.25, 0.3) is 0 Å². The molecule has 2 aromatic carbocycles. The summed E-state index contributed by atoms with van der Waals surface area (Å²) in [6.45, 7) is 0. The molecule has 0 fully saturated rings. The van der Waals surface area contributed by atoms with E-state index in [0.717, 1.165) is 16.8 Å². The van der Waals surface area contributed by atoms with Gasteiger partial charge in [0.1, 0.15) is 0 Å². The van der Waals surface area contributed by atoms with Gasteiger partial charge in [-0.2, -0.15) is 0 Å². The minimum absolute atomic E-state index is 0.0114. The molecular weight excluding hydrogens is 238 g/mol. The molecule has 0 saturated carbocycles. The summed E-state index contributed by atoms with van der Waals surface area (Å²) in [5.41, 5.74) is 3.39. The minimum Gasteiger partial charge on any atom is -0.326 e. The Morgan fingerprint density at radius 1 is 1.11 bits per heavy atom. The Morgan fingerprint density at radius 2 is 1.89 bits per heavy atom. The average molecular weight is 251 g/mol. The summed E-state index contributed by atoms with van der Waals surface area (Å²) >= 11 is 0. The average Bonchev–Trinajstić information content (AvgIpc) is 2.78. The summed E-state index contributed by atoms with van der Waals surface area (Å²) in [4.78, 5) is 23.5. The molecule has 0 unspecified atom stereocenters. The van der Waals surface area contributed by atoms with Gasteiger partial charge in [-0.3, -0.25) is 9.59 Å². The van der Waals surface area contributed by atoms with Crippen molar-refractivity contribution in [3.05, 3.63) is 65.2 Å². The molecule has 0 spiro atoms. The maximum absolute atomic E-state index is 12.2. The van der Waals surface area contributed by atoms with Crippen LogP contribution in [0.2, 0.25) is 0 Å². The van der Waals surface area contributed by atoms with Crippen molar-refractivity contribution in [2.24, 2.45) is 0 Å². The van der Waals surface area contributed by atoms with Gasteiger partial charge in [-0.1, -0.05) is 30.3 Å². The third-order valence-electron chi connectivity index (χ3n) is 3.26. The number of nitrogens with one attached hydrogen (secondary N) is 1. The number of Topliss-reactive ketones (excluding diaryl/α,β-unsaturated/α-hetero) is 1. The third kappa shape index (κ3) is 2.40. The van der Waals surface area contributed by atoms with Crippen molar-refractivity contribution in [2.75, 3.05) is 5.32 Å². The van der Waals surface area contributed by atoms with Crippen LogP contribution < -0.4 is 5.32 Å². The Kier molecular flexibility index (Phi) is 2.88. The van der Waals surface area contributed by atoms with E-state index in [4.69, 9.17) is 0 Å². The monoisotopic (exact) mass is 251 g/mol. The van der Waals surface area contributed by atoms with Crippen molar-refractivity contribution < 1.29 is 9.59 Å². The van der Waals surface area contributed by atoms with Gasteiger partial charge in [0.25, 0.3) is 0 Å². The number of fused-ring (bicyclic) bond motifs is 1. The van der Waals surface area contributed by atoms with E-state index < -0.39 is 0 Å². The topological polar surface area (TPSA) is 46.2 Å². The van der Waals surface area contributed by atoms with E-state index in [9.17, 15) is 9.59 Å². The molecule has 1 amide bonds. The number of anilines is 1. The normalized spacial score (nSPS) is 12.9. The van der Waals surface area contributed by atoms with Crippen molar-refractivity contribution >= 4 is 17.4 Å². The first-order chi connectivity index (χ1) is 9.22. The van der Waals surface area contributed by atoms with Crippen molar-refractivity contribution in [1.29, 1.82) is 0 Å². The number of benzene rings is 2. The molecule has 3 rings (SSSR count). The second kappa shape index (κ2) is 4.69. The maximum Gasteiger partial charge on any atom is 0.228 e. The van der Waals surface area contributed by atoms with E-state index in [1.54, 1.807) is 12.1 Å². The van der Waals surface area contributed by atoms with Crippen molar-refractivity contribution in [3.63, 3.8) is 0 Å². The summed E-state index contributed by atoms with van der Waals surface area (Å²) in [6, 6.07) is 15.1. The molecule has 3 nitrogen and oxygen atoms in total. The maximum atomic E-state index is 12.2. The van der Waals surface area contributed by atoms with Crippen LogP contribution in [0, 0.1) is 0 Å². The molecule has 0 aromatic heterocycles. The fraction of sp³-hybridized carbons (Fsp3) is 0.125. The van der Waals surface area contributed by atoms with E-state index in [0.29, 0.717) is 18.4 Å². The number of amides is 1. The van der Waals surface area contributed by atoms with Crippen LogP contribution in [-0.4, -0.2) is 11.7 Å². The molecule has 0 atom stereocenters. The molecule has 0 bridgehead atoms. The number of carbonyl (C=O) groups excluding carboxylic acids is 2. The lowest BCUT2D eigenvalue weighted by Crippen LogP contribution is -2.03. The Hall–Kier alpha value is -2.42. The van der Waals surface area contributed by atoms with Gasteiger partial charge in [0, 0.05) is 17.7 Å². The first-order valence-corrected chi connectivity index (χ1v) is 6.22. The van der Waals surface area contributed by atoms with E-state index in [1.807, 2.05) is 36.4 Å². The van der Waals surface area contributed by atoms with Gasteiger partial charge in [-0.25, -0.2) is 0 Å². The van der Waals surface area contributed by atoms with Gasteiger partial charge in [-0.15, -0.1) is 0 Å². The van der Waals surface area contributed by atoms with Gasteiger partial charge >= 0.3 is 0 Å². The fourth-order valence-corrected chi connectivity index (χ4v) is 2.29. The summed E-state index contributed by atoms with van der Waals surface area (Å²) in [5, 5.41) is 2.76. The van der Waals surface area contributed by atoms with E-state index in [2.05, 4.69) is 5.32 Å². The predicted octanol–water partition coefficient (Wildman–Crippen LogP) is 2.61. The number of hydrogen-bond acceptors (Lipinski definition) is 2. The molecule has 19 heavy (non-hydrogen) atoms. The summed E-state index contributed by atoms with van der Waals surface area (Å²) in [7, 11) is 0. The third-order valence-corrected chi connectivity index (χ3v) is 3.26. The van der Waals surface area contributed by atoms with Crippen LogP contribution in [0.5, 0.6) is 0 Å². The quantitative estimate of drug-likeness (QED) is 0.852. The molecule has 1 aliphatic rings. The number of hydrogen-bond donors (Lipinski definition) is 1. The van der Waals surface area contributed by atoms with Gasteiger partial charge < -0.3 is 5.32 Å². The van der Waals surface area contributed by atoms with E-state index in [-0.39, 0.29) is 11.7 Å². The van der Waals surface area contributed by atoms with Gasteiger partial charge in [-0.05, 0) is 29.3 Å². The highest BCUT2D eigenvalue weighted by Gasteiger charge is 2.19. The fourth-order valence-electron chi connectivity index (χ4n) is 2.29. The van der Waals surface area contributed by atoms with Gasteiger partial charge in [0.15, 0.2) is 5.78 Å². The first kappa shape index (κ1) is 11.7. The second-order valence-electron chi connectivity index (χ2n) is 4.68. The number of ketones is 1. The van der Waals surface area contributed by atoms with E-state index >= 15 is 0 Å². The molecule has 1 aliphatic heterocycles. The largest absolute Gasteiger partial charge is 0.326 e. The van der Waals surface area contributed by atoms with Gasteiger partial charge in [0.05, 0.1) is 6.42 Å². The highest BCUT2D eigenvalue weighted by molar-refractivity contribution is 6.02. The number of carbonyl (C=O) groups is 2. The molecule has 0 radical (unpaired) electrons. The highest BCUT2D eigenvalue weighted by Crippen LogP contribution is 2.24. The van der Waals surface area contributed by atoms with Crippen molar-refractivity contribution in [1.82, 2.24) is 0 Å². The Bertz CT molecular complexity index is 647. The zero-order chi connectivity index (χ0) is 13.2. The summed E-state index contributed by atoms with van der Waals surface area (Å²) in [5.74, 6) is 0.0657. The predicted molar refractivity (Wildman–Crippen MR) is 73.3 cm³/mol. The molecule has 0 saturated heterocycles. The smallest absolute Gasteiger partial charge is 0.228 e. The van der Waals surface area contributed by atoms with Crippen LogP contribution in [-0.2, 0) is 17.6 Å². The van der Waals surface area contributed by atoms with Crippen molar-refractivity contribution in [2.45, 2.75) is 12.8 Å². The van der Waals surface area contributed by atoms with Crippen LogP contribution in [0.3, 0.4) is 0 Å². The number of rotatable bonds is 3. The molecule has 94 valence electrons. The lowest BCUT2D eigenvalue weighted by atomic mass is 10.0. The second-order valence-corrected chi connectivity index (χ2v) is 4.68. The van der Waals surface area contributed by atoms with Crippen LogP contribution >= 0.6 is 0 Å². The Labute approximate surface area is 111 Å².